The van der Waals surface area contributed by atoms with Crippen LogP contribution < -0.4 is 10.6 Å². The summed E-state index contributed by atoms with van der Waals surface area (Å²) in [4.78, 5) is 11.0. The molecule has 0 aromatic rings. The zero-order valence-electron chi connectivity index (χ0n) is 7.17. The first-order chi connectivity index (χ1) is 5.77. The summed E-state index contributed by atoms with van der Waals surface area (Å²) in [5.74, 6) is -0.319. The molecule has 2 aliphatic heterocycles. The van der Waals surface area contributed by atoms with E-state index in [0.717, 1.165) is 19.5 Å². The number of amides is 1. The fourth-order valence-corrected chi connectivity index (χ4v) is 1.51. The largest absolute Gasteiger partial charge is 0.366 e. The van der Waals surface area contributed by atoms with E-state index in [-0.39, 0.29) is 18.1 Å². The molecule has 0 aromatic heterocycles. The summed E-state index contributed by atoms with van der Waals surface area (Å²) in [7, 11) is 0. The Morgan fingerprint density at radius 1 is 1.73 bits per heavy atom. The minimum Gasteiger partial charge on any atom is -0.366 e. The van der Waals surface area contributed by atoms with Crippen molar-refractivity contribution in [2.24, 2.45) is 0 Å². The van der Waals surface area contributed by atoms with Crippen LogP contribution in [-0.2, 0) is 9.53 Å². The Morgan fingerprint density at radius 2 is 2.64 bits per heavy atom. The highest BCUT2D eigenvalue weighted by atomic mass is 16.5. The molecular formula is C7H12N2O2. The quantitative estimate of drug-likeness (QED) is 0.467. The molecule has 2 saturated heterocycles. The molecule has 3 atom stereocenters. The lowest BCUT2D eigenvalue weighted by Crippen LogP contribution is -2.59. The van der Waals surface area contributed by atoms with E-state index in [0.29, 0.717) is 0 Å². The van der Waals surface area contributed by atoms with Gasteiger partial charge in [-0.2, -0.15) is 0 Å². The predicted molar refractivity (Wildman–Crippen MR) is 39.2 cm³/mol. The van der Waals surface area contributed by atoms with E-state index in [2.05, 4.69) is 10.6 Å². The summed E-state index contributed by atoms with van der Waals surface area (Å²) in [5, 5.41) is 5.92. The van der Waals surface area contributed by atoms with Crippen LogP contribution in [-0.4, -0.2) is 37.7 Å². The van der Waals surface area contributed by atoms with E-state index in [1.54, 1.807) is 0 Å². The van der Waals surface area contributed by atoms with Crippen LogP contribution in [0.15, 0.2) is 0 Å². The van der Waals surface area contributed by atoms with Crippen molar-refractivity contribution in [2.45, 2.75) is 18.6 Å². The van der Waals surface area contributed by atoms with Gasteiger partial charge in [0.2, 0.25) is 5.91 Å². The van der Waals surface area contributed by atoms with Crippen molar-refractivity contribution in [3.05, 3.63) is 0 Å². The van der Waals surface area contributed by atoms with Crippen molar-refractivity contribution in [1.82, 2.24) is 10.6 Å². The molecule has 0 aliphatic carbocycles. The van der Waals surface area contributed by atoms with E-state index in [4.69, 9.17) is 6.11 Å². The molecular weight excluding hydrogens is 144 g/mol. The highest BCUT2D eigenvalue weighted by Crippen LogP contribution is 2.11. The molecule has 62 valence electrons. The average molecular weight is 157 g/mol. The number of fused-ring (bicyclic) bond motifs is 1. The maximum Gasteiger partial charge on any atom is 0.246 e. The summed E-state index contributed by atoms with van der Waals surface area (Å²) < 4.78 is 12.5. The number of hydrogen-bond donors (Lipinski definition) is 2. The highest BCUT2D eigenvalue weighted by molar-refractivity contribution is 5.78. The van der Waals surface area contributed by atoms with Crippen molar-refractivity contribution < 1.29 is 10.9 Å². The van der Waals surface area contributed by atoms with Crippen LogP contribution >= 0.6 is 0 Å². The third kappa shape index (κ3) is 1.36. The number of piperidine rings is 1. The summed E-state index contributed by atoms with van der Waals surface area (Å²) in [6, 6.07) is 0.0628. The number of nitrogens with one attached hydrogen (secondary N) is 2. The SMILES string of the molecule is [2H]C1OC2CCNCC2NC1=O. The summed E-state index contributed by atoms with van der Waals surface area (Å²) in [6.45, 7) is 0.636. The van der Waals surface area contributed by atoms with Crippen LogP contribution in [0.5, 0.6) is 0 Å². The fourth-order valence-electron chi connectivity index (χ4n) is 1.51. The Morgan fingerprint density at radius 3 is 3.55 bits per heavy atom. The number of hydrogen-bond acceptors (Lipinski definition) is 3. The van der Waals surface area contributed by atoms with Crippen LogP contribution in [0.4, 0.5) is 0 Å². The summed E-state index contributed by atoms with van der Waals surface area (Å²) in [5.41, 5.74) is 0. The third-order valence-corrected chi connectivity index (χ3v) is 2.10. The molecule has 0 bridgehead atoms. The molecule has 2 fully saturated rings. The van der Waals surface area contributed by atoms with Crippen molar-refractivity contribution >= 4 is 5.91 Å². The number of ether oxygens (including phenoxy) is 1. The van der Waals surface area contributed by atoms with Crippen molar-refractivity contribution in [3.63, 3.8) is 0 Å². The third-order valence-electron chi connectivity index (χ3n) is 2.10. The Hall–Kier alpha value is -0.610. The van der Waals surface area contributed by atoms with Gasteiger partial charge in [0.1, 0.15) is 6.58 Å². The normalized spacial score (nSPS) is 45.6. The van der Waals surface area contributed by atoms with Gasteiger partial charge in [-0.15, -0.1) is 0 Å². The first-order valence-electron chi connectivity index (χ1n) is 4.44. The molecule has 2 aliphatic rings. The average Bonchev–Trinajstić information content (AvgIpc) is 2.07. The second-order valence-electron chi connectivity index (χ2n) is 2.90. The molecule has 2 N–H and O–H groups in total. The van der Waals surface area contributed by atoms with Crippen LogP contribution in [0.2, 0.25) is 0 Å². The number of morpholine rings is 1. The lowest BCUT2D eigenvalue weighted by Gasteiger charge is -2.35. The van der Waals surface area contributed by atoms with Crippen LogP contribution in [0, 0.1) is 0 Å². The summed E-state index contributed by atoms with van der Waals surface area (Å²) in [6.07, 6.45) is 0.909. The second-order valence-corrected chi connectivity index (χ2v) is 2.90. The monoisotopic (exact) mass is 157 g/mol. The Kier molecular flexibility index (Phi) is 1.51. The van der Waals surface area contributed by atoms with E-state index < -0.39 is 6.58 Å². The van der Waals surface area contributed by atoms with Gasteiger partial charge in [-0.25, -0.2) is 0 Å². The molecule has 0 saturated carbocycles. The van der Waals surface area contributed by atoms with Gasteiger partial charge in [0.25, 0.3) is 0 Å². The molecule has 2 heterocycles. The van der Waals surface area contributed by atoms with E-state index in [1.807, 2.05) is 0 Å². The fraction of sp³-hybridized carbons (Fsp3) is 0.857. The van der Waals surface area contributed by atoms with Crippen LogP contribution in [0.1, 0.15) is 7.79 Å². The standard InChI is InChI=1S/C7H12N2O2/c10-7-4-11-6-1-2-8-3-5(6)9-7/h5-6,8H,1-4H2,(H,9,10)/i4D. The van der Waals surface area contributed by atoms with Gasteiger partial charge in [0.05, 0.1) is 13.5 Å². The van der Waals surface area contributed by atoms with E-state index in [9.17, 15) is 4.79 Å². The van der Waals surface area contributed by atoms with Gasteiger partial charge >= 0.3 is 0 Å². The maximum atomic E-state index is 11.0. The van der Waals surface area contributed by atoms with Gasteiger partial charge in [-0.3, -0.25) is 4.79 Å². The van der Waals surface area contributed by atoms with Crippen molar-refractivity contribution in [1.29, 1.82) is 0 Å². The molecule has 4 heteroatoms. The highest BCUT2D eigenvalue weighted by Gasteiger charge is 2.31. The van der Waals surface area contributed by atoms with Gasteiger partial charge in [-0.05, 0) is 13.0 Å². The Balaban J connectivity index is 2.02. The molecule has 4 nitrogen and oxygen atoms in total. The lowest BCUT2D eigenvalue weighted by molar-refractivity contribution is -0.138. The molecule has 11 heavy (non-hydrogen) atoms. The van der Waals surface area contributed by atoms with Crippen LogP contribution in [0.3, 0.4) is 0 Å². The first kappa shape index (κ1) is 5.97. The van der Waals surface area contributed by atoms with Gasteiger partial charge < -0.3 is 15.4 Å². The zero-order chi connectivity index (χ0) is 8.55. The van der Waals surface area contributed by atoms with Gasteiger partial charge in [-0.1, -0.05) is 0 Å². The molecule has 0 radical (unpaired) electrons. The smallest absolute Gasteiger partial charge is 0.246 e. The second kappa shape index (κ2) is 2.79. The molecule has 1 amide bonds. The predicted octanol–water partition coefficient (Wildman–Crippen LogP) is -1.14. The first-order valence-corrected chi connectivity index (χ1v) is 3.86. The topological polar surface area (TPSA) is 50.4 Å². The number of carbonyl (C=O) groups is 1. The van der Waals surface area contributed by atoms with Gasteiger partial charge in [0, 0.05) is 6.54 Å². The molecule has 2 rings (SSSR count). The molecule has 0 spiro atoms. The molecule has 0 aromatic carbocycles. The van der Waals surface area contributed by atoms with Crippen molar-refractivity contribution in [3.8, 4) is 0 Å². The lowest BCUT2D eigenvalue weighted by atomic mass is 10.0. The minimum absolute atomic E-state index is 0.0337. The maximum absolute atomic E-state index is 11.0. The number of rotatable bonds is 0. The zero-order valence-corrected chi connectivity index (χ0v) is 6.17. The van der Waals surface area contributed by atoms with Crippen molar-refractivity contribution in [2.75, 3.05) is 19.7 Å². The van der Waals surface area contributed by atoms with Gasteiger partial charge in [0.15, 0.2) is 0 Å². The van der Waals surface area contributed by atoms with E-state index in [1.165, 1.54) is 0 Å². The Bertz CT molecular complexity index is 200. The summed E-state index contributed by atoms with van der Waals surface area (Å²) >= 11 is 0. The molecule has 3 unspecified atom stereocenters. The minimum atomic E-state index is -1.02. The van der Waals surface area contributed by atoms with E-state index >= 15 is 0 Å². The number of carbonyl (C=O) groups excluding carboxylic acids is 1. The van der Waals surface area contributed by atoms with Crippen LogP contribution in [0.25, 0.3) is 0 Å². The Labute approximate surface area is 66.7 Å².